The van der Waals surface area contributed by atoms with E-state index in [2.05, 4.69) is 0 Å². The Bertz CT molecular complexity index is 677. The smallest absolute Gasteiger partial charge is 0.316 e. The average Bonchev–Trinajstić information content (AvgIpc) is 2.70. The highest BCUT2D eigenvalue weighted by atomic mass is 35.5. The molecule has 1 aromatic carbocycles. The summed E-state index contributed by atoms with van der Waals surface area (Å²) in [5.74, 6) is -0.738. The zero-order chi connectivity index (χ0) is 14.2. The van der Waals surface area contributed by atoms with Gasteiger partial charge in [0.05, 0.1) is 18.1 Å². The Kier molecular flexibility index (Phi) is 3.30. The summed E-state index contributed by atoms with van der Waals surface area (Å²) in [5, 5.41) is 11.3. The number of esters is 1. The molecule has 19 heavy (non-hydrogen) atoms. The van der Waals surface area contributed by atoms with Crippen LogP contribution >= 0.6 is 11.6 Å². The standard InChI is InChI=1S/C11H8ClNO6/c1-5(14)18-9-3-6-8(19-9)4-7(13(15)16)11(17-2)10(6)12/h3-4H,1-2H3. The minimum absolute atomic E-state index is 0.0221. The molecule has 1 aromatic heterocycles. The van der Waals surface area contributed by atoms with Gasteiger partial charge in [0.25, 0.3) is 5.95 Å². The molecular weight excluding hydrogens is 278 g/mol. The molecule has 2 rings (SSSR count). The van der Waals surface area contributed by atoms with Crippen LogP contribution in [-0.2, 0) is 4.79 Å². The second kappa shape index (κ2) is 4.77. The van der Waals surface area contributed by atoms with E-state index in [0.29, 0.717) is 5.39 Å². The molecule has 0 spiro atoms. The fraction of sp³-hybridized carbons (Fsp3) is 0.182. The summed E-state index contributed by atoms with van der Waals surface area (Å²) in [7, 11) is 1.27. The largest absolute Gasteiger partial charge is 0.489 e. The van der Waals surface area contributed by atoms with E-state index in [1.54, 1.807) is 0 Å². The molecular formula is C11H8ClNO6. The number of nitro groups is 1. The molecule has 0 fully saturated rings. The van der Waals surface area contributed by atoms with Gasteiger partial charge in [0.1, 0.15) is 10.6 Å². The fourth-order valence-electron chi connectivity index (χ4n) is 1.61. The van der Waals surface area contributed by atoms with E-state index in [0.717, 1.165) is 6.07 Å². The number of rotatable bonds is 3. The molecule has 0 bridgehead atoms. The molecule has 0 radical (unpaired) electrons. The van der Waals surface area contributed by atoms with E-state index < -0.39 is 10.9 Å². The summed E-state index contributed by atoms with van der Waals surface area (Å²) in [6, 6.07) is 2.53. The lowest BCUT2D eigenvalue weighted by atomic mass is 10.2. The van der Waals surface area contributed by atoms with Gasteiger partial charge in [-0.25, -0.2) is 0 Å². The molecule has 0 saturated carbocycles. The zero-order valence-corrected chi connectivity index (χ0v) is 10.7. The minimum Gasteiger partial charge on any atom is -0.489 e. The molecule has 1 heterocycles. The van der Waals surface area contributed by atoms with Crippen molar-refractivity contribution in [2.24, 2.45) is 0 Å². The van der Waals surface area contributed by atoms with E-state index in [1.165, 1.54) is 20.1 Å². The van der Waals surface area contributed by atoms with Crippen molar-refractivity contribution in [3.8, 4) is 11.7 Å². The third-order valence-electron chi connectivity index (χ3n) is 2.32. The molecule has 0 atom stereocenters. The zero-order valence-electron chi connectivity index (χ0n) is 9.93. The first-order valence-electron chi connectivity index (χ1n) is 5.07. The summed E-state index contributed by atoms with van der Waals surface area (Å²) in [4.78, 5) is 21.1. The number of methoxy groups -OCH3 is 1. The number of halogens is 1. The Hall–Kier alpha value is -2.28. The van der Waals surface area contributed by atoms with Gasteiger partial charge in [0.2, 0.25) is 5.75 Å². The predicted molar refractivity (Wildman–Crippen MR) is 65.7 cm³/mol. The number of ether oxygens (including phenoxy) is 2. The maximum Gasteiger partial charge on any atom is 0.316 e. The molecule has 0 unspecified atom stereocenters. The van der Waals surface area contributed by atoms with Crippen LogP contribution in [0.25, 0.3) is 11.0 Å². The second-order valence-electron chi connectivity index (χ2n) is 3.57. The van der Waals surface area contributed by atoms with Crippen molar-refractivity contribution in [3.05, 3.63) is 27.3 Å². The Labute approximate surface area is 111 Å². The molecule has 0 aliphatic carbocycles. The maximum absolute atomic E-state index is 10.9. The minimum atomic E-state index is -0.641. The molecule has 0 aliphatic heterocycles. The molecule has 0 amide bonds. The molecule has 2 aromatic rings. The van der Waals surface area contributed by atoms with Crippen LogP contribution in [0.2, 0.25) is 5.02 Å². The van der Waals surface area contributed by atoms with Crippen LogP contribution in [0.5, 0.6) is 11.7 Å². The SMILES string of the molecule is COc1c([N+](=O)[O-])cc2oc(OC(C)=O)cc2c1Cl. The highest BCUT2D eigenvalue weighted by Crippen LogP contribution is 2.43. The van der Waals surface area contributed by atoms with E-state index in [9.17, 15) is 14.9 Å². The molecule has 7 nitrogen and oxygen atoms in total. The van der Waals surface area contributed by atoms with Crippen LogP contribution in [0.3, 0.4) is 0 Å². The molecule has 0 saturated heterocycles. The lowest BCUT2D eigenvalue weighted by molar-refractivity contribution is -0.385. The van der Waals surface area contributed by atoms with Gasteiger partial charge in [-0.05, 0) is 0 Å². The van der Waals surface area contributed by atoms with Crippen molar-refractivity contribution in [1.29, 1.82) is 0 Å². The highest BCUT2D eigenvalue weighted by molar-refractivity contribution is 6.37. The number of nitrogens with zero attached hydrogens (tertiary/aromatic N) is 1. The molecule has 0 aliphatic rings. The van der Waals surface area contributed by atoms with Crippen molar-refractivity contribution in [2.45, 2.75) is 6.92 Å². The molecule has 100 valence electrons. The first-order chi connectivity index (χ1) is 8.93. The number of furan rings is 1. The quantitative estimate of drug-likeness (QED) is 0.489. The first-order valence-corrected chi connectivity index (χ1v) is 5.44. The lowest BCUT2D eigenvalue weighted by Gasteiger charge is -2.03. The monoisotopic (exact) mass is 285 g/mol. The van der Waals surface area contributed by atoms with Crippen molar-refractivity contribution in [2.75, 3.05) is 7.11 Å². The van der Waals surface area contributed by atoms with Crippen molar-refractivity contribution in [1.82, 2.24) is 0 Å². The van der Waals surface area contributed by atoms with Crippen LogP contribution in [0, 0.1) is 10.1 Å². The topological polar surface area (TPSA) is 91.8 Å². The average molecular weight is 286 g/mol. The van der Waals surface area contributed by atoms with Crippen LogP contribution in [-0.4, -0.2) is 18.0 Å². The molecule has 8 heteroatoms. The third-order valence-corrected chi connectivity index (χ3v) is 2.69. The van der Waals surface area contributed by atoms with E-state index >= 15 is 0 Å². The van der Waals surface area contributed by atoms with Gasteiger partial charge in [-0.1, -0.05) is 11.6 Å². The van der Waals surface area contributed by atoms with Gasteiger partial charge in [-0.3, -0.25) is 14.9 Å². The van der Waals surface area contributed by atoms with Gasteiger partial charge < -0.3 is 13.9 Å². The summed E-state index contributed by atoms with van der Waals surface area (Å²) in [6.45, 7) is 1.21. The van der Waals surface area contributed by atoms with Crippen LogP contribution in [0.4, 0.5) is 5.69 Å². The number of hydrogen-bond acceptors (Lipinski definition) is 6. The fourth-order valence-corrected chi connectivity index (χ4v) is 1.93. The van der Waals surface area contributed by atoms with E-state index in [4.69, 9.17) is 25.5 Å². The normalized spacial score (nSPS) is 10.5. The Morgan fingerprint density at radius 1 is 1.47 bits per heavy atom. The summed E-state index contributed by atoms with van der Waals surface area (Å²) in [5.41, 5.74) is -0.197. The number of carbonyl (C=O) groups excluding carboxylic acids is 1. The lowest BCUT2D eigenvalue weighted by Crippen LogP contribution is -1.99. The molecule has 0 N–H and O–H groups in total. The van der Waals surface area contributed by atoms with Gasteiger partial charge in [-0.15, -0.1) is 0 Å². The second-order valence-corrected chi connectivity index (χ2v) is 3.95. The highest BCUT2D eigenvalue weighted by Gasteiger charge is 2.24. The van der Waals surface area contributed by atoms with E-state index in [1.807, 2.05) is 0 Å². The Balaban J connectivity index is 2.68. The number of hydrogen-bond donors (Lipinski definition) is 0. The summed E-state index contributed by atoms with van der Waals surface area (Å²) in [6.07, 6.45) is 0. The predicted octanol–water partition coefficient (Wildman–Crippen LogP) is 2.93. The Morgan fingerprint density at radius 3 is 2.68 bits per heavy atom. The van der Waals surface area contributed by atoms with Crippen LogP contribution < -0.4 is 9.47 Å². The van der Waals surface area contributed by atoms with E-state index in [-0.39, 0.29) is 28.0 Å². The van der Waals surface area contributed by atoms with Crippen molar-refractivity contribution < 1.29 is 23.6 Å². The third kappa shape index (κ3) is 2.32. The maximum atomic E-state index is 10.9. The Morgan fingerprint density at radius 2 is 2.16 bits per heavy atom. The van der Waals surface area contributed by atoms with Crippen LogP contribution in [0.1, 0.15) is 6.92 Å². The number of nitro benzene ring substituents is 1. The number of fused-ring (bicyclic) bond motifs is 1. The van der Waals surface area contributed by atoms with Gasteiger partial charge in [0.15, 0.2) is 0 Å². The summed E-state index contributed by atoms with van der Waals surface area (Å²) < 4.78 is 14.8. The van der Waals surface area contributed by atoms with Crippen molar-refractivity contribution >= 4 is 34.2 Å². The van der Waals surface area contributed by atoms with Crippen LogP contribution in [0.15, 0.2) is 16.5 Å². The number of benzene rings is 1. The van der Waals surface area contributed by atoms with Gasteiger partial charge in [0, 0.05) is 18.4 Å². The first kappa shape index (κ1) is 13.2. The van der Waals surface area contributed by atoms with Gasteiger partial charge >= 0.3 is 11.7 Å². The van der Waals surface area contributed by atoms with Crippen molar-refractivity contribution in [3.63, 3.8) is 0 Å². The van der Waals surface area contributed by atoms with Gasteiger partial charge in [-0.2, -0.15) is 0 Å². The summed E-state index contributed by atoms with van der Waals surface area (Å²) >= 11 is 6.01. The number of carbonyl (C=O) groups is 1.